The maximum absolute atomic E-state index is 12.9. The van der Waals surface area contributed by atoms with Crippen LogP contribution < -0.4 is 0 Å². The van der Waals surface area contributed by atoms with Crippen LogP contribution in [0, 0.1) is 12.8 Å². The minimum absolute atomic E-state index is 0.0629. The number of amides is 2. The summed E-state index contributed by atoms with van der Waals surface area (Å²) in [4.78, 5) is 38.0. The van der Waals surface area contributed by atoms with Crippen molar-refractivity contribution in [1.29, 1.82) is 0 Å². The van der Waals surface area contributed by atoms with Gasteiger partial charge >= 0.3 is 0 Å². The minimum atomic E-state index is -0.109. The molecule has 2 aromatic rings. The van der Waals surface area contributed by atoms with Gasteiger partial charge in [-0.3, -0.25) is 19.7 Å². The highest BCUT2D eigenvalue weighted by Gasteiger charge is 2.41. The average Bonchev–Trinajstić information content (AvgIpc) is 2.91. The van der Waals surface area contributed by atoms with Crippen molar-refractivity contribution in [1.82, 2.24) is 30.0 Å². The normalized spacial score (nSPS) is 22.2. The second kappa shape index (κ2) is 7.46. The molecule has 27 heavy (non-hydrogen) atoms. The number of hydrogen-bond donors (Lipinski definition) is 1. The molecule has 2 bridgehead atoms. The number of nitrogens with one attached hydrogen (secondary N) is 1. The first-order valence-electron chi connectivity index (χ1n) is 9.46. The standard InChI is InChI=1S/C19H24N6O2/c1-13-21-17(23-22-13)7-8-18(26)24-10-14-5-6-16(12-24)25(19(14)27)11-15-4-2-3-9-20-15/h2-4,9,14,16H,5-8,10-12H2,1H3,(H,21,22,23)/t14-,16+/m0/s1. The first-order chi connectivity index (χ1) is 13.1. The number of rotatable bonds is 5. The Morgan fingerprint density at radius 2 is 2.19 bits per heavy atom. The van der Waals surface area contributed by atoms with Gasteiger partial charge in [-0.2, -0.15) is 5.10 Å². The van der Waals surface area contributed by atoms with Gasteiger partial charge < -0.3 is 9.80 Å². The summed E-state index contributed by atoms with van der Waals surface area (Å²) in [6.45, 7) is 3.47. The highest BCUT2D eigenvalue weighted by Crippen LogP contribution is 2.30. The van der Waals surface area contributed by atoms with Gasteiger partial charge in [-0.25, -0.2) is 4.98 Å². The van der Waals surface area contributed by atoms with Gasteiger partial charge in [0.2, 0.25) is 11.8 Å². The lowest BCUT2D eigenvalue weighted by molar-refractivity contribution is -0.140. The van der Waals surface area contributed by atoms with Crippen LogP contribution in [0.1, 0.15) is 36.6 Å². The number of aryl methyl sites for hydroxylation is 2. The Morgan fingerprint density at radius 3 is 2.93 bits per heavy atom. The Bertz CT molecular complexity index is 821. The molecule has 3 aliphatic heterocycles. The lowest BCUT2D eigenvalue weighted by Crippen LogP contribution is -2.47. The number of aromatic nitrogens is 4. The van der Waals surface area contributed by atoms with Crippen LogP contribution in [0.5, 0.6) is 0 Å². The van der Waals surface area contributed by atoms with Crippen LogP contribution in [0.4, 0.5) is 0 Å². The van der Waals surface area contributed by atoms with Crippen molar-refractivity contribution < 1.29 is 9.59 Å². The van der Waals surface area contributed by atoms with Crippen molar-refractivity contribution in [3.05, 3.63) is 41.7 Å². The Labute approximate surface area is 158 Å². The molecule has 2 atom stereocenters. The van der Waals surface area contributed by atoms with Gasteiger partial charge in [-0.15, -0.1) is 0 Å². The monoisotopic (exact) mass is 368 g/mol. The zero-order chi connectivity index (χ0) is 18.8. The van der Waals surface area contributed by atoms with E-state index in [0.29, 0.717) is 38.3 Å². The summed E-state index contributed by atoms with van der Waals surface area (Å²) >= 11 is 0. The molecule has 8 heteroatoms. The van der Waals surface area contributed by atoms with Crippen molar-refractivity contribution >= 4 is 11.8 Å². The molecule has 2 aromatic heterocycles. The molecule has 5 heterocycles. The number of H-pyrrole nitrogens is 1. The lowest BCUT2D eigenvalue weighted by atomic mass is 9.94. The summed E-state index contributed by atoms with van der Waals surface area (Å²) in [5.74, 6) is 1.52. The molecule has 0 unspecified atom stereocenters. The molecule has 5 rings (SSSR count). The van der Waals surface area contributed by atoms with E-state index in [4.69, 9.17) is 0 Å². The molecule has 0 saturated carbocycles. The van der Waals surface area contributed by atoms with Gasteiger partial charge in [-0.05, 0) is 31.9 Å². The first-order valence-corrected chi connectivity index (χ1v) is 9.46. The van der Waals surface area contributed by atoms with Gasteiger partial charge in [0.1, 0.15) is 5.82 Å². The Kier molecular flexibility index (Phi) is 4.87. The SMILES string of the molecule is Cc1nc(CCC(=O)N2C[C@@H]3CC[C@H](C2)N(Cc2ccccn2)C3=O)n[nH]1. The van der Waals surface area contributed by atoms with Crippen LogP contribution in [-0.2, 0) is 22.6 Å². The number of nitrogens with zero attached hydrogens (tertiary/aromatic N) is 5. The largest absolute Gasteiger partial charge is 0.340 e. The summed E-state index contributed by atoms with van der Waals surface area (Å²) in [6.07, 6.45) is 4.42. The Morgan fingerprint density at radius 1 is 1.30 bits per heavy atom. The molecule has 3 fully saturated rings. The second-order valence-corrected chi connectivity index (χ2v) is 7.35. The third-order valence-corrected chi connectivity index (χ3v) is 5.41. The number of fused-ring (bicyclic) bond motifs is 4. The Hall–Kier alpha value is -2.77. The van der Waals surface area contributed by atoms with Gasteiger partial charge in [0.25, 0.3) is 0 Å². The predicted molar refractivity (Wildman–Crippen MR) is 97.3 cm³/mol. The third-order valence-electron chi connectivity index (χ3n) is 5.41. The van der Waals surface area contributed by atoms with E-state index in [1.165, 1.54) is 0 Å². The van der Waals surface area contributed by atoms with E-state index in [0.717, 1.165) is 24.4 Å². The molecule has 142 valence electrons. The molecule has 0 radical (unpaired) electrons. The van der Waals surface area contributed by atoms with Crippen LogP contribution in [0.25, 0.3) is 0 Å². The maximum Gasteiger partial charge on any atom is 0.228 e. The van der Waals surface area contributed by atoms with Crippen LogP contribution in [0.15, 0.2) is 24.4 Å². The first kappa shape index (κ1) is 17.6. The number of aromatic amines is 1. The number of carbonyl (C=O) groups is 2. The summed E-state index contributed by atoms with van der Waals surface area (Å²) in [6, 6.07) is 5.81. The molecule has 3 saturated heterocycles. The molecule has 0 spiro atoms. The van der Waals surface area contributed by atoms with E-state index in [9.17, 15) is 9.59 Å². The molecule has 0 aliphatic carbocycles. The van der Waals surface area contributed by atoms with Crippen molar-refractivity contribution in [2.45, 2.75) is 45.2 Å². The fourth-order valence-corrected chi connectivity index (χ4v) is 4.00. The van der Waals surface area contributed by atoms with E-state index in [1.807, 2.05) is 34.9 Å². The maximum atomic E-state index is 12.9. The zero-order valence-electron chi connectivity index (χ0n) is 15.5. The van der Waals surface area contributed by atoms with Crippen molar-refractivity contribution in [2.24, 2.45) is 5.92 Å². The van der Waals surface area contributed by atoms with Crippen molar-refractivity contribution in [3.8, 4) is 0 Å². The van der Waals surface area contributed by atoms with Gasteiger partial charge in [0.05, 0.1) is 18.2 Å². The van der Waals surface area contributed by atoms with E-state index < -0.39 is 0 Å². The summed E-state index contributed by atoms with van der Waals surface area (Å²) in [5, 5.41) is 6.89. The van der Waals surface area contributed by atoms with E-state index >= 15 is 0 Å². The molecule has 8 nitrogen and oxygen atoms in total. The number of pyridine rings is 1. The van der Waals surface area contributed by atoms with Gasteiger partial charge in [0.15, 0.2) is 5.82 Å². The molecule has 1 N–H and O–H groups in total. The topological polar surface area (TPSA) is 95.1 Å². The predicted octanol–water partition coefficient (Wildman–Crippen LogP) is 1.09. The number of carbonyl (C=O) groups excluding carboxylic acids is 2. The average molecular weight is 368 g/mol. The summed E-state index contributed by atoms with van der Waals surface area (Å²) in [5.41, 5.74) is 0.885. The quantitative estimate of drug-likeness (QED) is 0.852. The summed E-state index contributed by atoms with van der Waals surface area (Å²) in [7, 11) is 0. The fourth-order valence-electron chi connectivity index (χ4n) is 4.00. The lowest BCUT2D eigenvalue weighted by Gasteiger charge is -2.35. The Balaban J connectivity index is 1.42. The van der Waals surface area contributed by atoms with Crippen molar-refractivity contribution in [3.63, 3.8) is 0 Å². The van der Waals surface area contributed by atoms with Crippen LogP contribution in [-0.4, -0.2) is 60.9 Å². The smallest absolute Gasteiger partial charge is 0.228 e. The van der Waals surface area contributed by atoms with Crippen LogP contribution in [0.2, 0.25) is 0 Å². The second-order valence-electron chi connectivity index (χ2n) is 7.35. The number of hydrogen-bond acceptors (Lipinski definition) is 5. The fraction of sp³-hybridized carbons (Fsp3) is 0.526. The van der Waals surface area contributed by atoms with Crippen molar-refractivity contribution in [2.75, 3.05) is 13.1 Å². The number of piperidine rings is 1. The van der Waals surface area contributed by atoms with Gasteiger partial charge in [-0.1, -0.05) is 6.07 Å². The van der Waals surface area contributed by atoms with E-state index in [1.54, 1.807) is 6.20 Å². The highest BCUT2D eigenvalue weighted by molar-refractivity contribution is 5.83. The van der Waals surface area contributed by atoms with Gasteiger partial charge in [0, 0.05) is 38.2 Å². The molecule has 2 amide bonds. The molecular formula is C19H24N6O2. The van der Waals surface area contributed by atoms with E-state index in [-0.39, 0.29) is 23.8 Å². The zero-order valence-corrected chi connectivity index (χ0v) is 15.5. The van der Waals surface area contributed by atoms with Crippen LogP contribution in [0.3, 0.4) is 0 Å². The molecular weight excluding hydrogens is 344 g/mol. The minimum Gasteiger partial charge on any atom is -0.340 e. The van der Waals surface area contributed by atoms with Crippen LogP contribution >= 0.6 is 0 Å². The third kappa shape index (κ3) is 3.84. The molecule has 0 aromatic carbocycles. The van der Waals surface area contributed by atoms with E-state index in [2.05, 4.69) is 20.2 Å². The molecule has 3 aliphatic rings. The summed E-state index contributed by atoms with van der Waals surface area (Å²) < 4.78 is 0. The highest BCUT2D eigenvalue weighted by atomic mass is 16.2.